The lowest BCUT2D eigenvalue weighted by molar-refractivity contribution is -0.146. The molecule has 18 heavy (non-hydrogen) atoms. The van der Waals surface area contributed by atoms with Crippen LogP contribution in [0.5, 0.6) is 0 Å². The molecule has 1 saturated heterocycles. The number of rotatable bonds is 5. The first kappa shape index (κ1) is 15.8. The van der Waals surface area contributed by atoms with Crippen LogP contribution in [0, 0.1) is 5.92 Å². The van der Waals surface area contributed by atoms with Gasteiger partial charge in [0.2, 0.25) is 0 Å². The van der Waals surface area contributed by atoms with Gasteiger partial charge >= 0.3 is 6.61 Å². The van der Waals surface area contributed by atoms with Crippen molar-refractivity contribution in [3.63, 3.8) is 0 Å². The van der Waals surface area contributed by atoms with Gasteiger partial charge in [-0.15, -0.1) is 0 Å². The lowest BCUT2D eigenvalue weighted by Gasteiger charge is -2.41. The van der Waals surface area contributed by atoms with Crippen molar-refractivity contribution < 1.29 is 13.5 Å². The van der Waals surface area contributed by atoms with Crippen molar-refractivity contribution in [2.75, 3.05) is 6.61 Å². The molecule has 2 nitrogen and oxygen atoms in total. The summed E-state index contributed by atoms with van der Waals surface area (Å²) in [6.45, 7) is 6.23. The van der Waals surface area contributed by atoms with Gasteiger partial charge in [0.1, 0.15) is 0 Å². The quantitative estimate of drug-likeness (QED) is 0.746. The molecule has 0 aromatic heterocycles. The molecule has 1 rings (SSSR count). The zero-order valence-electron chi connectivity index (χ0n) is 12.0. The van der Waals surface area contributed by atoms with Crippen molar-refractivity contribution in [2.24, 2.45) is 5.92 Å². The maximum Gasteiger partial charge on any atom is 0.345 e. The molecule has 1 fully saturated rings. The Morgan fingerprint density at radius 3 is 2.22 bits per heavy atom. The van der Waals surface area contributed by atoms with Crippen LogP contribution in [0.15, 0.2) is 0 Å². The van der Waals surface area contributed by atoms with E-state index in [9.17, 15) is 8.78 Å². The molecule has 4 heteroatoms. The summed E-state index contributed by atoms with van der Waals surface area (Å²) in [6.07, 6.45) is 4.44. The van der Waals surface area contributed by atoms with Gasteiger partial charge in [0, 0.05) is 18.1 Å². The first-order chi connectivity index (χ1) is 8.43. The van der Waals surface area contributed by atoms with Crippen molar-refractivity contribution in [3.8, 4) is 0 Å². The molecule has 1 aliphatic rings. The van der Waals surface area contributed by atoms with E-state index < -0.39 is 6.61 Å². The second-order valence-electron chi connectivity index (χ2n) is 5.88. The third-order valence-corrected chi connectivity index (χ3v) is 3.87. The van der Waals surface area contributed by atoms with Crippen molar-refractivity contribution in [2.45, 2.75) is 78.1 Å². The minimum Gasteiger partial charge on any atom is -0.321 e. The molecule has 0 bridgehead atoms. The molecule has 0 aromatic rings. The fourth-order valence-electron chi connectivity index (χ4n) is 3.14. The summed E-state index contributed by atoms with van der Waals surface area (Å²) in [5, 5.41) is 0. The molecule has 0 saturated carbocycles. The third kappa shape index (κ3) is 4.47. The van der Waals surface area contributed by atoms with E-state index in [2.05, 4.69) is 37.3 Å². The Hall–Kier alpha value is -0.220. The fourth-order valence-corrected chi connectivity index (χ4v) is 3.14. The average Bonchev–Trinajstić information content (AvgIpc) is 2.47. The van der Waals surface area contributed by atoms with Crippen LogP contribution >= 0.6 is 0 Å². The monoisotopic (exact) mass is 263 g/mol. The minimum absolute atomic E-state index is 0.133. The largest absolute Gasteiger partial charge is 0.345 e. The number of likely N-dealkylation sites (tertiary alicyclic amines) is 1. The predicted molar refractivity (Wildman–Crippen MR) is 69.8 cm³/mol. The summed E-state index contributed by atoms with van der Waals surface area (Å²) in [5.74, 6) is 0.555. The van der Waals surface area contributed by atoms with E-state index in [1.807, 2.05) is 0 Å². The summed E-state index contributed by atoms with van der Waals surface area (Å²) in [7, 11) is 0. The van der Waals surface area contributed by atoms with Gasteiger partial charge in [-0.25, -0.2) is 0 Å². The number of ether oxygens (including phenoxy) is 1. The second kappa shape index (κ2) is 7.39. The Kier molecular flexibility index (Phi) is 6.50. The molecule has 2 atom stereocenters. The van der Waals surface area contributed by atoms with Crippen molar-refractivity contribution in [1.82, 2.24) is 4.90 Å². The Labute approximate surface area is 110 Å². The Balaban J connectivity index is 2.75. The van der Waals surface area contributed by atoms with Gasteiger partial charge in [0.25, 0.3) is 0 Å². The third-order valence-electron chi connectivity index (χ3n) is 3.87. The molecular weight excluding hydrogens is 236 g/mol. The van der Waals surface area contributed by atoms with Crippen LogP contribution in [0.2, 0.25) is 0 Å². The van der Waals surface area contributed by atoms with Gasteiger partial charge in [0.15, 0.2) is 0 Å². The van der Waals surface area contributed by atoms with Crippen LogP contribution in [-0.4, -0.2) is 36.2 Å². The maximum atomic E-state index is 12.2. The van der Waals surface area contributed by atoms with Crippen LogP contribution in [0.1, 0.15) is 53.4 Å². The zero-order chi connectivity index (χ0) is 13.7. The Bertz CT molecular complexity index is 234. The lowest BCUT2D eigenvalue weighted by Crippen LogP contribution is -2.50. The van der Waals surface area contributed by atoms with Gasteiger partial charge < -0.3 is 4.74 Å². The van der Waals surface area contributed by atoms with E-state index in [0.29, 0.717) is 18.0 Å². The minimum atomic E-state index is -2.65. The zero-order valence-corrected chi connectivity index (χ0v) is 12.0. The van der Waals surface area contributed by atoms with E-state index in [0.717, 1.165) is 12.8 Å². The van der Waals surface area contributed by atoms with Crippen LogP contribution in [0.25, 0.3) is 0 Å². The van der Waals surface area contributed by atoms with E-state index in [4.69, 9.17) is 0 Å². The Morgan fingerprint density at radius 1 is 1.11 bits per heavy atom. The topological polar surface area (TPSA) is 12.5 Å². The SMILES string of the molecule is CC(C)C1CCCCC(COC(F)F)N1C(C)C. The molecule has 1 heterocycles. The molecule has 0 spiro atoms. The smallest absolute Gasteiger partial charge is 0.321 e. The van der Waals surface area contributed by atoms with Crippen molar-refractivity contribution in [3.05, 3.63) is 0 Å². The molecule has 0 amide bonds. The van der Waals surface area contributed by atoms with E-state index in [1.165, 1.54) is 12.8 Å². The molecule has 1 aliphatic heterocycles. The summed E-state index contributed by atoms with van der Waals surface area (Å²) in [6, 6.07) is 0.995. The first-order valence-electron chi connectivity index (χ1n) is 7.10. The summed E-state index contributed by atoms with van der Waals surface area (Å²) < 4.78 is 29.0. The van der Waals surface area contributed by atoms with Gasteiger partial charge in [0.05, 0.1) is 6.61 Å². The van der Waals surface area contributed by atoms with Crippen molar-refractivity contribution in [1.29, 1.82) is 0 Å². The number of nitrogens with zero attached hydrogens (tertiary/aromatic N) is 1. The lowest BCUT2D eigenvalue weighted by atomic mass is 9.96. The highest BCUT2D eigenvalue weighted by molar-refractivity contribution is 4.86. The van der Waals surface area contributed by atoms with Gasteiger partial charge in [-0.1, -0.05) is 26.7 Å². The van der Waals surface area contributed by atoms with Gasteiger partial charge in [-0.05, 0) is 32.6 Å². The number of hydrogen-bond acceptors (Lipinski definition) is 2. The molecule has 0 radical (unpaired) electrons. The van der Waals surface area contributed by atoms with Crippen molar-refractivity contribution >= 4 is 0 Å². The molecular formula is C14H27F2NO. The Morgan fingerprint density at radius 2 is 1.72 bits per heavy atom. The second-order valence-corrected chi connectivity index (χ2v) is 5.88. The van der Waals surface area contributed by atoms with E-state index >= 15 is 0 Å². The molecule has 2 unspecified atom stereocenters. The predicted octanol–water partition coefficient (Wildman–Crippen LogP) is 3.90. The maximum absolute atomic E-state index is 12.2. The summed E-state index contributed by atoms with van der Waals surface area (Å²) >= 11 is 0. The normalized spacial score (nSPS) is 27.2. The highest BCUT2D eigenvalue weighted by Gasteiger charge is 2.32. The summed E-state index contributed by atoms with van der Waals surface area (Å²) in [4.78, 5) is 2.40. The number of hydrogen-bond donors (Lipinski definition) is 0. The summed E-state index contributed by atoms with van der Waals surface area (Å²) in [5.41, 5.74) is 0. The average molecular weight is 263 g/mol. The first-order valence-corrected chi connectivity index (χ1v) is 7.10. The van der Waals surface area contributed by atoms with Crippen LogP contribution in [0.3, 0.4) is 0 Å². The van der Waals surface area contributed by atoms with Crippen LogP contribution in [-0.2, 0) is 4.74 Å². The van der Waals surface area contributed by atoms with E-state index in [-0.39, 0.29) is 12.6 Å². The highest BCUT2D eigenvalue weighted by atomic mass is 19.3. The molecule has 0 aliphatic carbocycles. The number of halogens is 2. The molecule has 0 aromatic carbocycles. The standard InChI is InChI=1S/C14H27F2NO/c1-10(2)13-8-6-5-7-12(9-18-14(15)16)17(13)11(3)4/h10-14H,5-9H2,1-4H3. The highest BCUT2D eigenvalue weighted by Crippen LogP contribution is 2.29. The van der Waals surface area contributed by atoms with Crippen LogP contribution < -0.4 is 0 Å². The van der Waals surface area contributed by atoms with Gasteiger partial charge in [-0.2, -0.15) is 8.78 Å². The molecule has 108 valence electrons. The molecule has 0 N–H and O–H groups in total. The fraction of sp³-hybridized carbons (Fsp3) is 1.00. The van der Waals surface area contributed by atoms with Gasteiger partial charge in [-0.3, -0.25) is 4.90 Å². The number of alkyl halides is 2. The van der Waals surface area contributed by atoms with E-state index in [1.54, 1.807) is 0 Å². The van der Waals surface area contributed by atoms with Crippen LogP contribution in [0.4, 0.5) is 8.78 Å².